The molecule has 2 aromatic heterocycles. The summed E-state index contributed by atoms with van der Waals surface area (Å²) in [5.41, 5.74) is 7.49. The number of rotatable bonds is 4. The van der Waals surface area contributed by atoms with Crippen molar-refractivity contribution in [3.05, 3.63) is 35.8 Å². The topological polar surface area (TPSA) is 116 Å². The number of hydrogen-bond donors (Lipinski definition) is 1. The van der Waals surface area contributed by atoms with Gasteiger partial charge < -0.3 is 15.4 Å². The first kappa shape index (κ1) is 20.1. The van der Waals surface area contributed by atoms with E-state index >= 15 is 0 Å². The Morgan fingerprint density at radius 2 is 2.00 bits per heavy atom. The second kappa shape index (κ2) is 6.86. The molecule has 3 heterocycles. The molecule has 164 valence electrons. The van der Waals surface area contributed by atoms with Crippen LogP contribution in [0.1, 0.15) is 25.5 Å². The molecule has 0 radical (unpaired) electrons. The van der Waals surface area contributed by atoms with Crippen molar-refractivity contribution < 1.29 is 17.5 Å². The SMILES string of the molecule is C[C@@H]1COCCN1c1cc(C2(S(C)(=O)=O)CC2)nc(-n2c(N)nc3ccc(F)cc32)n1. The van der Waals surface area contributed by atoms with E-state index in [0.717, 1.165) is 0 Å². The first-order valence-electron chi connectivity index (χ1n) is 10.1. The fraction of sp³-hybridized carbons (Fsp3) is 0.450. The zero-order valence-corrected chi connectivity index (χ0v) is 18.1. The molecular formula is C20H23FN6O3S. The van der Waals surface area contributed by atoms with Crippen LogP contribution in [-0.2, 0) is 19.3 Å². The standard InChI is InChI=1S/C20H23FN6O3S/c1-12-11-30-8-7-26(12)17-10-16(20(5-6-20)31(2,28)29)24-19(25-17)27-15-9-13(21)3-4-14(15)23-18(27)22/h3-4,9-10,12H,5-8,11H2,1-2H3,(H2,22,23)/t12-/m1/s1. The Balaban J connectivity index is 1.75. The minimum absolute atomic E-state index is 0.0482. The summed E-state index contributed by atoms with van der Waals surface area (Å²) >= 11 is 0. The van der Waals surface area contributed by atoms with Gasteiger partial charge in [0.15, 0.2) is 9.84 Å². The van der Waals surface area contributed by atoms with E-state index in [2.05, 4.69) is 14.9 Å². The van der Waals surface area contributed by atoms with Crippen molar-refractivity contribution in [1.29, 1.82) is 0 Å². The number of nitrogens with two attached hydrogens (primary N) is 1. The van der Waals surface area contributed by atoms with Crippen LogP contribution in [0.2, 0.25) is 0 Å². The van der Waals surface area contributed by atoms with Crippen LogP contribution in [0.25, 0.3) is 17.0 Å². The molecule has 31 heavy (non-hydrogen) atoms. The zero-order valence-electron chi connectivity index (χ0n) is 17.2. The molecule has 0 amide bonds. The van der Waals surface area contributed by atoms with E-state index in [1.54, 1.807) is 6.07 Å². The highest BCUT2D eigenvalue weighted by atomic mass is 32.2. The number of aromatic nitrogens is 4. The molecule has 0 unspecified atom stereocenters. The number of hydrogen-bond acceptors (Lipinski definition) is 8. The Morgan fingerprint density at radius 1 is 1.23 bits per heavy atom. The van der Waals surface area contributed by atoms with E-state index in [9.17, 15) is 12.8 Å². The maximum absolute atomic E-state index is 14.0. The van der Waals surface area contributed by atoms with E-state index in [1.807, 2.05) is 6.92 Å². The summed E-state index contributed by atoms with van der Waals surface area (Å²) < 4.78 is 45.1. The van der Waals surface area contributed by atoms with Gasteiger partial charge in [0, 0.05) is 24.9 Å². The lowest BCUT2D eigenvalue weighted by atomic mass is 10.2. The summed E-state index contributed by atoms with van der Waals surface area (Å²) in [7, 11) is -3.40. The molecular weight excluding hydrogens is 423 g/mol. The fourth-order valence-corrected chi connectivity index (χ4v) is 5.51. The lowest BCUT2D eigenvalue weighted by molar-refractivity contribution is 0.0985. The van der Waals surface area contributed by atoms with Crippen LogP contribution < -0.4 is 10.6 Å². The quantitative estimate of drug-likeness (QED) is 0.645. The average molecular weight is 447 g/mol. The van der Waals surface area contributed by atoms with Crippen molar-refractivity contribution in [2.24, 2.45) is 0 Å². The molecule has 1 aliphatic heterocycles. The van der Waals surface area contributed by atoms with Crippen LogP contribution in [0.3, 0.4) is 0 Å². The number of nitrogen functional groups attached to an aromatic ring is 1. The number of halogens is 1. The van der Waals surface area contributed by atoms with E-state index in [0.29, 0.717) is 55.1 Å². The monoisotopic (exact) mass is 446 g/mol. The first-order valence-corrected chi connectivity index (χ1v) is 12.0. The number of fused-ring (bicyclic) bond motifs is 1. The molecule has 2 fully saturated rings. The van der Waals surface area contributed by atoms with Crippen LogP contribution in [0.4, 0.5) is 16.2 Å². The summed E-state index contributed by atoms with van der Waals surface area (Å²) in [5.74, 6) is 0.416. The van der Waals surface area contributed by atoms with Crippen LogP contribution in [0.15, 0.2) is 24.3 Å². The number of benzene rings is 1. The van der Waals surface area contributed by atoms with Gasteiger partial charge in [-0.2, -0.15) is 4.98 Å². The predicted molar refractivity (Wildman–Crippen MR) is 114 cm³/mol. The Labute approximate surface area is 179 Å². The summed E-state index contributed by atoms with van der Waals surface area (Å²) in [6, 6.07) is 5.95. The van der Waals surface area contributed by atoms with E-state index in [4.69, 9.17) is 15.5 Å². The molecule has 0 spiro atoms. The second-order valence-electron chi connectivity index (χ2n) is 8.23. The molecule has 0 bridgehead atoms. The first-order chi connectivity index (χ1) is 14.7. The number of imidazole rings is 1. The summed E-state index contributed by atoms with van der Waals surface area (Å²) in [4.78, 5) is 15.7. The Bertz CT molecular complexity index is 1290. The van der Waals surface area contributed by atoms with Gasteiger partial charge in [0.25, 0.3) is 0 Å². The highest BCUT2D eigenvalue weighted by Gasteiger charge is 2.55. The lowest BCUT2D eigenvalue weighted by Gasteiger charge is -2.34. The molecule has 2 N–H and O–H groups in total. The van der Waals surface area contributed by atoms with Crippen LogP contribution in [0.5, 0.6) is 0 Å². The highest BCUT2D eigenvalue weighted by Crippen LogP contribution is 2.52. The third kappa shape index (κ3) is 3.23. The third-order valence-electron chi connectivity index (χ3n) is 6.09. The van der Waals surface area contributed by atoms with Crippen LogP contribution in [0, 0.1) is 5.82 Å². The molecule has 3 aromatic rings. The molecule has 1 saturated carbocycles. The van der Waals surface area contributed by atoms with Crippen molar-refractivity contribution >= 4 is 32.6 Å². The third-order valence-corrected chi connectivity index (χ3v) is 8.12. The summed E-state index contributed by atoms with van der Waals surface area (Å²) in [5, 5.41) is 0. The van der Waals surface area contributed by atoms with Gasteiger partial charge in [-0.25, -0.2) is 27.3 Å². The number of ether oxygens (including phenoxy) is 1. The van der Waals surface area contributed by atoms with Gasteiger partial charge in [-0.15, -0.1) is 0 Å². The van der Waals surface area contributed by atoms with Gasteiger partial charge in [-0.05, 0) is 31.9 Å². The van der Waals surface area contributed by atoms with E-state index < -0.39 is 20.4 Å². The highest BCUT2D eigenvalue weighted by molar-refractivity contribution is 7.91. The fourth-order valence-electron chi connectivity index (χ4n) is 4.18. The van der Waals surface area contributed by atoms with E-state index in [1.165, 1.54) is 29.0 Å². The molecule has 1 aliphatic carbocycles. The van der Waals surface area contributed by atoms with Crippen molar-refractivity contribution in [3.63, 3.8) is 0 Å². The average Bonchev–Trinajstić information content (AvgIpc) is 3.47. The largest absolute Gasteiger partial charge is 0.377 e. The molecule has 5 rings (SSSR count). The van der Waals surface area contributed by atoms with Crippen molar-refractivity contribution in [3.8, 4) is 5.95 Å². The maximum atomic E-state index is 14.0. The smallest absolute Gasteiger partial charge is 0.239 e. The van der Waals surface area contributed by atoms with Gasteiger partial charge in [0.2, 0.25) is 11.9 Å². The molecule has 1 atom stereocenters. The zero-order chi connectivity index (χ0) is 22.0. The number of sulfone groups is 1. The van der Waals surface area contributed by atoms with Gasteiger partial charge in [0.05, 0.1) is 36.0 Å². The predicted octanol–water partition coefficient (Wildman–Crippen LogP) is 1.80. The number of nitrogens with zero attached hydrogens (tertiary/aromatic N) is 5. The van der Waals surface area contributed by atoms with Crippen LogP contribution in [-0.4, -0.2) is 60.0 Å². The number of morpholine rings is 1. The minimum Gasteiger partial charge on any atom is -0.377 e. The summed E-state index contributed by atoms with van der Waals surface area (Å²) in [6.45, 7) is 3.70. The Kier molecular flexibility index (Phi) is 4.45. The normalized spacial score (nSPS) is 20.9. The van der Waals surface area contributed by atoms with Gasteiger partial charge in [-0.1, -0.05) is 0 Å². The Morgan fingerprint density at radius 3 is 2.68 bits per heavy atom. The van der Waals surface area contributed by atoms with Crippen molar-refractivity contribution in [2.75, 3.05) is 36.6 Å². The molecule has 11 heteroatoms. The van der Waals surface area contributed by atoms with Crippen molar-refractivity contribution in [1.82, 2.24) is 19.5 Å². The second-order valence-corrected chi connectivity index (χ2v) is 10.6. The maximum Gasteiger partial charge on any atom is 0.239 e. The van der Waals surface area contributed by atoms with E-state index in [-0.39, 0.29) is 17.9 Å². The summed E-state index contributed by atoms with van der Waals surface area (Å²) in [6.07, 6.45) is 2.22. The van der Waals surface area contributed by atoms with Crippen LogP contribution >= 0.6 is 0 Å². The Hall–Kier alpha value is -2.79. The molecule has 1 saturated heterocycles. The molecule has 1 aromatic carbocycles. The van der Waals surface area contributed by atoms with Gasteiger partial charge >= 0.3 is 0 Å². The molecule has 2 aliphatic rings. The lowest BCUT2D eigenvalue weighted by Crippen LogP contribution is -2.44. The van der Waals surface area contributed by atoms with Gasteiger partial charge in [-0.3, -0.25) is 0 Å². The number of anilines is 2. The minimum atomic E-state index is -3.40. The van der Waals surface area contributed by atoms with Gasteiger partial charge in [0.1, 0.15) is 16.4 Å². The molecule has 9 nitrogen and oxygen atoms in total. The van der Waals surface area contributed by atoms with Crippen molar-refractivity contribution in [2.45, 2.75) is 30.6 Å².